The molecule has 0 amide bonds. The smallest absolute Gasteiger partial charge is 0.144 e. The number of rotatable bonds is 4. The monoisotopic (exact) mass is 299 g/mol. The summed E-state index contributed by atoms with van der Waals surface area (Å²) in [5, 5.41) is 3.72. The van der Waals surface area contributed by atoms with Crippen molar-refractivity contribution >= 4 is 40.3 Å². The summed E-state index contributed by atoms with van der Waals surface area (Å²) in [6, 6.07) is 5.33. The lowest BCUT2D eigenvalue weighted by Gasteiger charge is -2.04. The van der Waals surface area contributed by atoms with Gasteiger partial charge in [0.25, 0.3) is 0 Å². The molecule has 2 nitrogen and oxygen atoms in total. The van der Waals surface area contributed by atoms with Gasteiger partial charge in [-0.2, -0.15) is 0 Å². The first-order chi connectivity index (χ1) is 8.56. The fraction of sp³-hybridized carbons (Fsp3) is 0.231. The molecule has 5 heteroatoms. The number of aryl methyl sites for hydroxylation is 1. The van der Waals surface area contributed by atoms with Gasteiger partial charge >= 0.3 is 0 Å². The molecule has 1 aromatic carbocycles. The van der Waals surface area contributed by atoms with Gasteiger partial charge in [-0.05, 0) is 18.6 Å². The number of benzene rings is 1. The summed E-state index contributed by atoms with van der Waals surface area (Å²) in [5.74, 6) is 0.0912. The van der Waals surface area contributed by atoms with Crippen LogP contribution in [0.15, 0.2) is 23.6 Å². The molecular weight excluding hydrogens is 289 g/mol. The van der Waals surface area contributed by atoms with Crippen molar-refractivity contribution in [3.8, 4) is 0 Å². The summed E-state index contributed by atoms with van der Waals surface area (Å²) in [7, 11) is 0. The number of hydrogen-bond donors (Lipinski definition) is 0. The maximum atomic E-state index is 11.9. The normalized spacial score (nSPS) is 10.6. The number of ketones is 1. The molecule has 0 aliphatic heterocycles. The molecule has 2 rings (SSSR count). The van der Waals surface area contributed by atoms with Gasteiger partial charge in [0.05, 0.1) is 16.5 Å². The molecule has 0 aliphatic carbocycles. The van der Waals surface area contributed by atoms with E-state index in [0.717, 1.165) is 16.3 Å². The van der Waals surface area contributed by atoms with Gasteiger partial charge in [0.15, 0.2) is 0 Å². The van der Waals surface area contributed by atoms with Crippen LogP contribution in [-0.4, -0.2) is 10.8 Å². The molecule has 0 N–H and O–H groups in total. The van der Waals surface area contributed by atoms with Gasteiger partial charge < -0.3 is 0 Å². The van der Waals surface area contributed by atoms with E-state index in [1.54, 1.807) is 12.1 Å². The number of carbonyl (C=O) groups is 1. The highest BCUT2D eigenvalue weighted by molar-refractivity contribution is 7.09. The van der Waals surface area contributed by atoms with E-state index in [9.17, 15) is 4.79 Å². The Morgan fingerprint density at radius 1 is 1.33 bits per heavy atom. The highest BCUT2D eigenvalue weighted by Gasteiger charge is 2.11. The van der Waals surface area contributed by atoms with E-state index >= 15 is 0 Å². The lowest BCUT2D eigenvalue weighted by atomic mass is 10.1. The topological polar surface area (TPSA) is 30.0 Å². The van der Waals surface area contributed by atoms with Gasteiger partial charge in [-0.1, -0.05) is 35.3 Å². The SMILES string of the molecule is Cc1csc(CC(=O)Cc2cccc(Cl)c2Cl)n1. The van der Waals surface area contributed by atoms with Crippen LogP contribution in [0.3, 0.4) is 0 Å². The zero-order valence-electron chi connectivity index (χ0n) is 9.74. The predicted octanol–water partition coefficient (Wildman–Crippen LogP) is 4.11. The molecule has 1 heterocycles. The summed E-state index contributed by atoms with van der Waals surface area (Å²) >= 11 is 13.5. The van der Waals surface area contributed by atoms with Crippen LogP contribution < -0.4 is 0 Å². The first-order valence-corrected chi connectivity index (χ1v) is 7.05. The van der Waals surface area contributed by atoms with Crippen molar-refractivity contribution in [1.29, 1.82) is 0 Å². The van der Waals surface area contributed by atoms with Crippen molar-refractivity contribution in [1.82, 2.24) is 4.98 Å². The molecule has 0 aliphatic rings. The molecule has 0 unspecified atom stereocenters. The quantitative estimate of drug-likeness (QED) is 0.850. The van der Waals surface area contributed by atoms with Gasteiger partial charge in [-0.3, -0.25) is 4.79 Å². The number of halogens is 2. The minimum atomic E-state index is 0.0912. The highest BCUT2D eigenvalue weighted by Crippen LogP contribution is 2.26. The third-order valence-corrected chi connectivity index (χ3v) is 4.26. The lowest BCUT2D eigenvalue weighted by Crippen LogP contribution is -2.07. The van der Waals surface area contributed by atoms with E-state index in [-0.39, 0.29) is 12.2 Å². The average molecular weight is 300 g/mol. The van der Waals surface area contributed by atoms with Gasteiger partial charge in [0, 0.05) is 17.5 Å². The molecule has 94 valence electrons. The zero-order valence-corrected chi connectivity index (χ0v) is 12.1. The van der Waals surface area contributed by atoms with Crippen LogP contribution in [0.2, 0.25) is 10.0 Å². The first-order valence-electron chi connectivity index (χ1n) is 5.42. The Bertz CT molecular complexity index is 580. The second kappa shape index (κ2) is 5.83. The Morgan fingerprint density at radius 3 is 2.78 bits per heavy atom. The van der Waals surface area contributed by atoms with Gasteiger partial charge in [0.2, 0.25) is 0 Å². The maximum absolute atomic E-state index is 11.9. The number of aromatic nitrogens is 1. The molecule has 0 atom stereocenters. The standard InChI is InChI=1S/C13H11Cl2NOS/c1-8-7-18-12(16-8)6-10(17)5-9-3-2-4-11(14)13(9)15/h2-4,7H,5-6H2,1H3. The molecular formula is C13H11Cl2NOS. The highest BCUT2D eigenvalue weighted by atomic mass is 35.5. The largest absolute Gasteiger partial charge is 0.299 e. The van der Waals surface area contributed by atoms with E-state index in [1.807, 2.05) is 18.4 Å². The summed E-state index contributed by atoms with van der Waals surface area (Å²) in [6.07, 6.45) is 0.638. The number of nitrogens with zero attached hydrogens (tertiary/aromatic N) is 1. The Kier molecular flexibility index (Phi) is 4.38. The van der Waals surface area contributed by atoms with Crippen molar-refractivity contribution in [2.75, 3.05) is 0 Å². The maximum Gasteiger partial charge on any atom is 0.144 e. The third-order valence-electron chi connectivity index (χ3n) is 2.43. The van der Waals surface area contributed by atoms with Crippen molar-refractivity contribution in [3.63, 3.8) is 0 Å². The van der Waals surface area contributed by atoms with Crippen LogP contribution in [-0.2, 0) is 17.6 Å². The minimum Gasteiger partial charge on any atom is -0.299 e. The Balaban J connectivity index is 2.05. The van der Waals surface area contributed by atoms with Crippen LogP contribution in [0.5, 0.6) is 0 Å². The molecule has 0 fully saturated rings. The average Bonchev–Trinajstić information content (AvgIpc) is 2.70. The summed E-state index contributed by atoms with van der Waals surface area (Å²) in [5.41, 5.74) is 1.71. The van der Waals surface area contributed by atoms with Crippen LogP contribution in [0.1, 0.15) is 16.3 Å². The fourth-order valence-corrected chi connectivity index (χ4v) is 2.80. The zero-order chi connectivity index (χ0) is 13.1. The lowest BCUT2D eigenvalue weighted by molar-refractivity contribution is -0.117. The van der Waals surface area contributed by atoms with Gasteiger partial charge in [-0.25, -0.2) is 4.98 Å². The van der Waals surface area contributed by atoms with E-state index in [2.05, 4.69) is 4.98 Å². The predicted molar refractivity (Wildman–Crippen MR) is 75.7 cm³/mol. The third kappa shape index (κ3) is 3.31. The number of thiazole rings is 1. The number of Topliss-reactive ketones (excluding diaryl/α,β-unsaturated/α-hetero) is 1. The van der Waals surface area contributed by atoms with Gasteiger partial charge in [-0.15, -0.1) is 11.3 Å². The van der Waals surface area contributed by atoms with Crippen LogP contribution >= 0.6 is 34.5 Å². The Hall–Kier alpha value is -0.900. The van der Waals surface area contributed by atoms with Crippen molar-refractivity contribution in [2.45, 2.75) is 19.8 Å². The van der Waals surface area contributed by atoms with Crippen LogP contribution in [0.25, 0.3) is 0 Å². The molecule has 2 aromatic rings. The number of hydrogen-bond acceptors (Lipinski definition) is 3. The summed E-state index contributed by atoms with van der Waals surface area (Å²) in [6.45, 7) is 1.91. The molecule has 0 radical (unpaired) electrons. The second-order valence-electron chi connectivity index (χ2n) is 3.99. The minimum absolute atomic E-state index is 0.0912. The summed E-state index contributed by atoms with van der Waals surface area (Å²) < 4.78 is 0. The number of carbonyl (C=O) groups excluding carboxylic acids is 1. The van der Waals surface area contributed by atoms with Crippen molar-refractivity contribution < 1.29 is 4.79 Å². The van der Waals surface area contributed by atoms with Crippen molar-refractivity contribution in [2.24, 2.45) is 0 Å². The molecule has 0 saturated heterocycles. The van der Waals surface area contributed by atoms with E-state index < -0.39 is 0 Å². The van der Waals surface area contributed by atoms with Crippen LogP contribution in [0.4, 0.5) is 0 Å². The Labute approximate surface area is 120 Å². The fourth-order valence-electron chi connectivity index (χ4n) is 1.61. The van der Waals surface area contributed by atoms with Crippen LogP contribution in [0, 0.1) is 6.92 Å². The van der Waals surface area contributed by atoms with Crippen molar-refractivity contribution in [3.05, 3.63) is 49.9 Å². The second-order valence-corrected chi connectivity index (χ2v) is 5.72. The van der Waals surface area contributed by atoms with E-state index in [0.29, 0.717) is 16.5 Å². The van der Waals surface area contributed by atoms with E-state index in [4.69, 9.17) is 23.2 Å². The Morgan fingerprint density at radius 2 is 2.11 bits per heavy atom. The molecule has 0 saturated carbocycles. The summed E-state index contributed by atoms with van der Waals surface area (Å²) in [4.78, 5) is 16.2. The molecule has 0 spiro atoms. The van der Waals surface area contributed by atoms with E-state index in [1.165, 1.54) is 11.3 Å². The van der Waals surface area contributed by atoms with Gasteiger partial charge in [0.1, 0.15) is 10.8 Å². The molecule has 18 heavy (non-hydrogen) atoms. The molecule has 1 aromatic heterocycles. The molecule has 0 bridgehead atoms. The first kappa shape index (κ1) is 13.5.